The van der Waals surface area contributed by atoms with E-state index in [1.165, 1.54) is 48.6 Å². The molecule has 0 aliphatic heterocycles. The number of furan rings is 1. The average molecular weight is 395 g/mol. The first-order chi connectivity index (χ1) is 14.1. The van der Waals surface area contributed by atoms with Crippen LogP contribution in [0.4, 0.5) is 0 Å². The molecule has 29 heavy (non-hydrogen) atoms. The van der Waals surface area contributed by atoms with Crippen LogP contribution >= 0.6 is 0 Å². The lowest BCUT2D eigenvalue weighted by atomic mass is 10.2. The standard InChI is InChI=1S/C20H17N3O6/c1-27-17-11-14(7-8-15(17)29-20(26)16-5-4-10-28-16)12-21-22-18(24)13-23-9-3-2-6-19(23)25/h2-12H,13H2,1H3,(H,22,24)/b21-12-. The molecule has 0 spiro atoms. The molecule has 1 amide bonds. The molecule has 2 aromatic heterocycles. The third-order valence-corrected chi connectivity index (χ3v) is 3.73. The first-order valence-electron chi connectivity index (χ1n) is 8.48. The minimum atomic E-state index is -0.655. The third kappa shape index (κ3) is 5.19. The van der Waals surface area contributed by atoms with Crippen LogP contribution in [-0.2, 0) is 11.3 Å². The van der Waals surface area contributed by atoms with Crippen LogP contribution in [0.15, 0.2) is 75.3 Å². The highest BCUT2D eigenvalue weighted by Crippen LogP contribution is 2.28. The maximum atomic E-state index is 12.0. The molecule has 0 aliphatic carbocycles. The van der Waals surface area contributed by atoms with Gasteiger partial charge >= 0.3 is 5.97 Å². The first kappa shape index (κ1) is 19.6. The van der Waals surface area contributed by atoms with Gasteiger partial charge in [0.05, 0.1) is 19.6 Å². The van der Waals surface area contributed by atoms with Gasteiger partial charge < -0.3 is 18.5 Å². The lowest BCUT2D eigenvalue weighted by Gasteiger charge is -2.09. The number of pyridine rings is 1. The second-order valence-corrected chi connectivity index (χ2v) is 5.74. The molecular weight excluding hydrogens is 378 g/mol. The van der Waals surface area contributed by atoms with Gasteiger partial charge in [0.2, 0.25) is 5.76 Å². The molecule has 3 aromatic rings. The summed E-state index contributed by atoms with van der Waals surface area (Å²) in [7, 11) is 1.43. The second kappa shape index (κ2) is 9.18. The number of carbonyl (C=O) groups excluding carboxylic acids is 2. The van der Waals surface area contributed by atoms with Crippen LogP contribution in [0.3, 0.4) is 0 Å². The van der Waals surface area contributed by atoms with Crippen LogP contribution in [0.25, 0.3) is 0 Å². The third-order valence-electron chi connectivity index (χ3n) is 3.73. The molecule has 0 aliphatic rings. The molecule has 9 heteroatoms. The van der Waals surface area contributed by atoms with E-state index >= 15 is 0 Å². The van der Waals surface area contributed by atoms with E-state index in [0.717, 1.165) is 0 Å². The van der Waals surface area contributed by atoms with Gasteiger partial charge in [-0.05, 0) is 42.0 Å². The molecule has 0 atom stereocenters. The molecule has 0 saturated heterocycles. The topological polar surface area (TPSA) is 112 Å². The zero-order valence-electron chi connectivity index (χ0n) is 15.4. The summed E-state index contributed by atoms with van der Waals surface area (Å²) in [5, 5.41) is 3.86. The number of benzene rings is 1. The molecule has 1 N–H and O–H groups in total. The number of hydrazone groups is 1. The van der Waals surface area contributed by atoms with Crippen LogP contribution < -0.4 is 20.5 Å². The Hall–Kier alpha value is -4.14. The summed E-state index contributed by atoms with van der Waals surface area (Å²) in [6.07, 6.45) is 4.28. The van der Waals surface area contributed by atoms with Crippen LogP contribution in [0.1, 0.15) is 16.1 Å². The Balaban J connectivity index is 1.62. The fraction of sp³-hybridized carbons (Fsp3) is 0.100. The van der Waals surface area contributed by atoms with Crippen molar-refractivity contribution in [3.63, 3.8) is 0 Å². The Morgan fingerprint density at radius 2 is 2.03 bits per heavy atom. The van der Waals surface area contributed by atoms with Crippen LogP contribution in [-0.4, -0.2) is 29.8 Å². The Morgan fingerprint density at radius 1 is 1.17 bits per heavy atom. The number of aromatic nitrogens is 1. The minimum Gasteiger partial charge on any atom is -0.493 e. The van der Waals surface area contributed by atoms with Crippen molar-refractivity contribution in [1.29, 1.82) is 0 Å². The fourth-order valence-corrected chi connectivity index (χ4v) is 2.35. The molecule has 0 fully saturated rings. The quantitative estimate of drug-likeness (QED) is 0.283. The van der Waals surface area contributed by atoms with Crippen molar-refractivity contribution in [2.24, 2.45) is 5.10 Å². The molecule has 0 unspecified atom stereocenters. The smallest absolute Gasteiger partial charge is 0.379 e. The molecule has 0 bridgehead atoms. The number of amides is 1. The van der Waals surface area contributed by atoms with Crippen LogP contribution in [0.2, 0.25) is 0 Å². The SMILES string of the molecule is COc1cc(/C=N\NC(=O)Cn2ccccc2=O)ccc1OC(=O)c1ccco1. The summed E-state index contributed by atoms with van der Waals surface area (Å²) in [5.41, 5.74) is 2.65. The van der Waals surface area contributed by atoms with E-state index < -0.39 is 11.9 Å². The van der Waals surface area contributed by atoms with E-state index in [9.17, 15) is 14.4 Å². The zero-order chi connectivity index (χ0) is 20.6. The average Bonchev–Trinajstić information content (AvgIpc) is 3.26. The number of nitrogens with zero attached hydrogens (tertiary/aromatic N) is 2. The van der Waals surface area contributed by atoms with Crippen molar-refractivity contribution in [1.82, 2.24) is 9.99 Å². The van der Waals surface area contributed by atoms with Crippen molar-refractivity contribution < 1.29 is 23.5 Å². The normalized spacial score (nSPS) is 10.7. The summed E-state index contributed by atoms with van der Waals surface area (Å²) in [4.78, 5) is 35.5. The second-order valence-electron chi connectivity index (χ2n) is 5.74. The largest absolute Gasteiger partial charge is 0.493 e. The number of hydrogen-bond acceptors (Lipinski definition) is 7. The van der Waals surface area contributed by atoms with Crippen molar-refractivity contribution >= 4 is 18.1 Å². The molecule has 9 nitrogen and oxygen atoms in total. The van der Waals surface area contributed by atoms with Gasteiger partial charge in [0, 0.05) is 12.3 Å². The molecule has 2 heterocycles. The van der Waals surface area contributed by atoms with Gasteiger partial charge in [-0.15, -0.1) is 0 Å². The number of ether oxygens (including phenoxy) is 2. The van der Waals surface area contributed by atoms with Gasteiger partial charge in [-0.1, -0.05) is 6.07 Å². The fourth-order valence-electron chi connectivity index (χ4n) is 2.35. The Bertz CT molecular complexity index is 1090. The highest BCUT2D eigenvalue weighted by molar-refractivity contribution is 5.89. The summed E-state index contributed by atoms with van der Waals surface area (Å²) in [5.74, 6) is -0.531. The Kier molecular flexibility index (Phi) is 6.21. The Labute approximate surface area is 165 Å². The number of methoxy groups -OCH3 is 1. The lowest BCUT2D eigenvalue weighted by molar-refractivity contribution is -0.121. The number of nitrogens with one attached hydrogen (secondary N) is 1. The van der Waals surface area contributed by atoms with E-state index in [-0.39, 0.29) is 23.6 Å². The predicted octanol–water partition coefficient (Wildman–Crippen LogP) is 1.82. The van der Waals surface area contributed by atoms with Gasteiger partial charge in [0.25, 0.3) is 11.5 Å². The minimum absolute atomic E-state index is 0.0675. The summed E-state index contributed by atoms with van der Waals surface area (Å²) < 4.78 is 16.7. The van der Waals surface area contributed by atoms with Gasteiger partial charge in [0.1, 0.15) is 6.54 Å². The summed E-state index contributed by atoms with van der Waals surface area (Å²) in [6, 6.07) is 12.4. The van der Waals surface area contributed by atoms with E-state index in [1.54, 1.807) is 30.3 Å². The number of rotatable bonds is 7. The maximum Gasteiger partial charge on any atom is 0.379 e. The summed E-state index contributed by atoms with van der Waals surface area (Å²) >= 11 is 0. The molecule has 0 saturated carbocycles. The van der Waals surface area contributed by atoms with E-state index in [0.29, 0.717) is 11.3 Å². The van der Waals surface area contributed by atoms with Crippen LogP contribution in [0, 0.1) is 0 Å². The van der Waals surface area contributed by atoms with Crippen molar-refractivity contribution in [3.05, 3.63) is 82.7 Å². The number of esters is 1. The van der Waals surface area contributed by atoms with Gasteiger partial charge in [-0.2, -0.15) is 5.10 Å². The lowest BCUT2D eigenvalue weighted by Crippen LogP contribution is -2.28. The zero-order valence-corrected chi connectivity index (χ0v) is 15.4. The molecule has 1 aromatic carbocycles. The molecule has 0 radical (unpaired) electrons. The molecular formula is C20H17N3O6. The molecule has 148 valence electrons. The first-order valence-corrected chi connectivity index (χ1v) is 8.48. The predicted molar refractivity (Wildman–Crippen MR) is 103 cm³/mol. The highest BCUT2D eigenvalue weighted by Gasteiger charge is 2.14. The van der Waals surface area contributed by atoms with Crippen molar-refractivity contribution in [2.75, 3.05) is 7.11 Å². The number of carbonyl (C=O) groups is 2. The van der Waals surface area contributed by atoms with Crippen molar-refractivity contribution in [3.8, 4) is 11.5 Å². The maximum absolute atomic E-state index is 12.0. The van der Waals surface area contributed by atoms with E-state index in [2.05, 4.69) is 10.5 Å². The number of hydrogen-bond donors (Lipinski definition) is 1. The van der Waals surface area contributed by atoms with Crippen LogP contribution in [0.5, 0.6) is 11.5 Å². The highest BCUT2D eigenvalue weighted by atomic mass is 16.6. The monoisotopic (exact) mass is 395 g/mol. The van der Waals surface area contributed by atoms with E-state index in [4.69, 9.17) is 13.9 Å². The van der Waals surface area contributed by atoms with Gasteiger partial charge in [-0.3, -0.25) is 9.59 Å². The van der Waals surface area contributed by atoms with Gasteiger partial charge in [0.15, 0.2) is 11.5 Å². The van der Waals surface area contributed by atoms with E-state index in [1.807, 2.05) is 0 Å². The summed E-state index contributed by atoms with van der Waals surface area (Å²) in [6.45, 7) is -0.151. The van der Waals surface area contributed by atoms with Gasteiger partial charge in [-0.25, -0.2) is 10.2 Å². The van der Waals surface area contributed by atoms with Crippen molar-refractivity contribution in [2.45, 2.75) is 6.54 Å². The Morgan fingerprint density at radius 3 is 2.76 bits per heavy atom. The molecule has 3 rings (SSSR count).